The highest BCUT2D eigenvalue weighted by Gasteiger charge is 2.31. The molecule has 9 heteroatoms. The summed E-state index contributed by atoms with van der Waals surface area (Å²) in [6.07, 6.45) is -4.77. The summed E-state index contributed by atoms with van der Waals surface area (Å²) in [4.78, 5) is 12.2. The van der Waals surface area contributed by atoms with Crippen molar-refractivity contribution in [3.63, 3.8) is 0 Å². The first-order valence-electron chi connectivity index (χ1n) is 7.29. The van der Waals surface area contributed by atoms with Crippen LogP contribution in [0.25, 0.3) is 11.3 Å². The number of carbonyl (C=O) groups excluding carboxylic acids is 1. The van der Waals surface area contributed by atoms with Crippen LogP contribution < -0.4 is 10.1 Å². The van der Waals surface area contributed by atoms with Crippen LogP contribution in [0.5, 0.6) is 5.75 Å². The standard InChI is InChI=1S/C17H11ClF3N3O2/c18-13-4-2-1-3-12(13)14-9-15(24-23-14)16(25)22-10-5-7-11(8-6-10)26-17(19,20)21/h1-9H,(H,22,25)(H,23,24). The molecule has 2 N–H and O–H groups in total. The van der Waals surface area contributed by atoms with Gasteiger partial charge in [-0.25, -0.2) is 0 Å². The van der Waals surface area contributed by atoms with E-state index in [9.17, 15) is 18.0 Å². The Morgan fingerprint density at radius 1 is 1.12 bits per heavy atom. The fourth-order valence-electron chi connectivity index (χ4n) is 2.18. The summed E-state index contributed by atoms with van der Waals surface area (Å²) in [5, 5.41) is 9.69. The molecule has 0 aliphatic heterocycles. The van der Waals surface area contributed by atoms with Gasteiger partial charge in [0.1, 0.15) is 11.4 Å². The van der Waals surface area contributed by atoms with Gasteiger partial charge < -0.3 is 10.1 Å². The molecule has 3 aromatic rings. The molecular weight excluding hydrogens is 371 g/mol. The van der Waals surface area contributed by atoms with Crippen molar-refractivity contribution >= 4 is 23.2 Å². The fourth-order valence-corrected chi connectivity index (χ4v) is 2.42. The van der Waals surface area contributed by atoms with Crippen molar-refractivity contribution in [3.05, 3.63) is 65.3 Å². The summed E-state index contributed by atoms with van der Waals surface area (Å²) in [7, 11) is 0. The van der Waals surface area contributed by atoms with E-state index in [-0.39, 0.29) is 11.4 Å². The lowest BCUT2D eigenvalue weighted by Crippen LogP contribution is -2.17. The first-order chi connectivity index (χ1) is 12.3. The number of aromatic amines is 1. The molecule has 26 heavy (non-hydrogen) atoms. The van der Waals surface area contributed by atoms with Gasteiger partial charge in [0.05, 0.1) is 10.7 Å². The number of hydrogen-bond donors (Lipinski definition) is 2. The number of nitrogens with zero attached hydrogens (tertiary/aromatic N) is 1. The molecule has 0 bridgehead atoms. The van der Waals surface area contributed by atoms with Crippen LogP contribution >= 0.6 is 11.6 Å². The molecule has 0 unspecified atom stereocenters. The van der Waals surface area contributed by atoms with E-state index in [1.54, 1.807) is 24.3 Å². The molecule has 1 amide bonds. The topological polar surface area (TPSA) is 67.0 Å². The highest BCUT2D eigenvalue weighted by atomic mass is 35.5. The van der Waals surface area contributed by atoms with E-state index >= 15 is 0 Å². The van der Waals surface area contributed by atoms with Gasteiger partial charge in [0.25, 0.3) is 5.91 Å². The zero-order valence-corrected chi connectivity index (χ0v) is 13.7. The predicted molar refractivity (Wildman–Crippen MR) is 90.1 cm³/mol. The summed E-state index contributed by atoms with van der Waals surface area (Å²) >= 11 is 6.09. The third-order valence-corrected chi connectivity index (χ3v) is 3.65. The molecular formula is C17H11ClF3N3O2. The number of aromatic nitrogens is 2. The third-order valence-electron chi connectivity index (χ3n) is 3.32. The van der Waals surface area contributed by atoms with Gasteiger partial charge in [0, 0.05) is 11.3 Å². The fraction of sp³-hybridized carbons (Fsp3) is 0.0588. The zero-order chi connectivity index (χ0) is 18.7. The molecule has 1 aromatic heterocycles. The lowest BCUT2D eigenvalue weighted by Gasteiger charge is -2.09. The predicted octanol–water partition coefficient (Wildman–Crippen LogP) is 4.88. The van der Waals surface area contributed by atoms with Gasteiger partial charge in [-0.2, -0.15) is 5.10 Å². The van der Waals surface area contributed by atoms with Crippen molar-refractivity contribution in [1.82, 2.24) is 10.2 Å². The monoisotopic (exact) mass is 381 g/mol. The number of carbonyl (C=O) groups is 1. The lowest BCUT2D eigenvalue weighted by atomic mass is 10.1. The summed E-state index contributed by atoms with van der Waals surface area (Å²) in [6.45, 7) is 0. The molecule has 0 aliphatic carbocycles. The second-order valence-corrected chi connectivity index (χ2v) is 5.58. The van der Waals surface area contributed by atoms with Crippen LogP contribution in [0.15, 0.2) is 54.6 Å². The maximum atomic E-state index is 12.2. The van der Waals surface area contributed by atoms with Crippen LogP contribution in [0.1, 0.15) is 10.5 Å². The van der Waals surface area contributed by atoms with Gasteiger partial charge in [-0.1, -0.05) is 29.8 Å². The molecule has 0 saturated carbocycles. The van der Waals surface area contributed by atoms with Crippen LogP contribution in [0.4, 0.5) is 18.9 Å². The van der Waals surface area contributed by atoms with Gasteiger partial charge in [-0.05, 0) is 36.4 Å². The molecule has 0 atom stereocenters. The van der Waals surface area contributed by atoms with Crippen molar-refractivity contribution in [1.29, 1.82) is 0 Å². The SMILES string of the molecule is O=C(Nc1ccc(OC(F)(F)F)cc1)c1cc(-c2ccccc2Cl)n[nH]1. The summed E-state index contributed by atoms with van der Waals surface area (Å²) in [5.41, 5.74) is 1.64. The molecule has 0 saturated heterocycles. The van der Waals surface area contributed by atoms with E-state index < -0.39 is 12.3 Å². The largest absolute Gasteiger partial charge is 0.573 e. The van der Waals surface area contributed by atoms with E-state index in [0.717, 1.165) is 12.1 Å². The van der Waals surface area contributed by atoms with Gasteiger partial charge in [-0.15, -0.1) is 13.2 Å². The minimum absolute atomic E-state index is 0.176. The highest BCUT2D eigenvalue weighted by molar-refractivity contribution is 6.33. The van der Waals surface area contributed by atoms with E-state index in [1.165, 1.54) is 18.2 Å². The summed E-state index contributed by atoms with van der Waals surface area (Å²) < 4.78 is 40.2. The smallest absolute Gasteiger partial charge is 0.406 e. The number of H-pyrrole nitrogens is 1. The highest BCUT2D eigenvalue weighted by Crippen LogP contribution is 2.27. The van der Waals surface area contributed by atoms with Crippen LogP contribution in [-0.2, 0) is 0 Å². The number of benzene rings is 2. The molecule has 2 aromatic carbocycles. The van der Waals surface area contributed by atoms with Gasteiger partial charge in [-0.3, -0.25) is 9.89 Å². The van der Waals surface area contributed by atoms with Crippen molar-refractivity contribution in [3.8, 4) is 17.0 Å². The summed E-state index contributed by atoms with van der Waals surface area (Å²) in [5.74, 6) is -0.877. The second-order valence-electron chi connectivity index (χ2n) is 5.17. The van der Waals surface area contributed by atoms with Crippen LogP contribution in [0.2, 0.25) is 5.02 Å². The van der Waals surface area contributed by atoms with Crippen LogP contribution in [-0.4, -0.2) is 22.5 Å². The van der Waals surface area contributed by atoms with Crippen molar-refractivity contribution in [2.45, 2.75) is 6.36 Å². The number of alkyl halides is 3. The first kappa shape index (κ1) is 17.8. The average molecular weight is 382 g/mol. The Morgan fingerprint density at radius 2 is 1.81 bits per heavy atom. The second kappa shape index (κ2) is 7.09. The van der Waals surface area contributed by atoms with E-state index in [2.05, 4.69) is 20.3 Å². The number of halogens is 4. The van der Waals surface area contributed by atoms with Crippen LogP contribution in [0, 0.1) is 0 Å². The van der Waals surface area contributed by atoms with E-state index in [0.29, 0.717) is 22.0 Å². The van der Waals surface area contributed by atoms with Crippen LogP contribution in [0.3, 0.4) is 0 Å². The number of ether oxygens (including phenoxy) is 1. The molecule has 1 heterocycles. The molecule has 0 aliphatic rings. The molecule has 0 spiro atoms. The Labute approximate surface area is 150 Å². The average Bonchev–Trinajstić information content (AvgIpc) is 3.06. The Hall–Kier alpha value is -3.00. The maximum absolute atomic E-state index is 12.2. The minimum atomic E-state index is -4.77. The first-order valence-corrected chi connectivity index (χ1v) is 7.67. The maximum Gasteiger partial charge on any atom is 0.573 e. The zero-order valence-electron chi connectivity index (χ0n) is 13.0. The molecule has 0 fully saturated rings. The molecule has 3 rings (SSSR count). The van der Waals surface area contributed by atoms with Gasteiger partial charge in [0.2, 0.25) is 0 Å². The molecule has 0 radical (unpaired) electrons. The summed E-state index contributed by atoms with van der Waals surface area (Å²) in [6, 6.07) is 13.4. The van der Waals surface area contributed by atoms with E-state index in [1.807, 2.05) is 0 Å². The molecule has 5 nitrogen and oxygen atoms in total. The van der Waals surface area contributed by atoms with Gasteiger partial charge >= 0.3 is 6.36 Å². The van der Waals surface area contributed by atoms with Crippen molar-refractivity contribution in [2.75, 3.05) is 5.32 Å². The minimum Gasteiger partial charge on any atom is -0.406 e. The van der Waals surface area contributed by atoms with Gasteiger partial charge in [0.15, 0.2) is 0 Å². The third kappa shape index (κ3) is 4.34. The number of hydrogen-bond acceptors (Lipinski definition) is 3. The number of rotatable bonds is 4. The number of nitrogens with one attached hydrogen (secondary N) is 2. The Balaban J connectivity index is 1.70. The number of amides is 1. The van der Waals surface area contributed by atoms with Crippen molar-refractivity contribution in [2.24, 2.45) is 0 Å². The number of anilines is 1. The Kier molecular flexibility index (Phi) is 4.85. The Morgan fingerprint density at radius 3 is 2.46 bits per heavy atom. The van der Waals surface area contributed by atoms with Crippen molar-refractivity contribution < 1.29 is 22.7 Å². The normalized spacial score (nSPS) is 11.2. The van der Waals surface area contributed by atoms with E-state index in [4.69, 9.17) is 11.6 Å². The molecule has 134 valence electrons. The lowest BCUT2D eigenvalue weighted by molar-refractivity contribution is -0.274. The Bertz CT molecular complexity index is 924. The quantitative estimate of drug-likeness (QED) is 0.676.